The summed E-state index contributed by atoms with van der Waals surface area (Å²) < 4.78 is 5.37. The number of carbonyl (C=O) groups excluding carboxylic acids is 1. The van der Waals surface area contributed by atoms with Crippen molar-refractivity contribution >= 4 is 17.6 Å². The minimum Gasteiger partial charge on any atom is -0.473 e. The molecule has 2 amide bonds. The summed E-state index contributed by atoms with van der Waals surface area (Å²) in [5.74, 6) is 0.677. The van der Waals surface area contributed by atoms with Crippen LogP contribution in [0.25, 0.3) is 0 Å². The average molecular weight is 271 g/mol. The van der Waals surface area contributed by atoms with E-state index < -0.39 is 0 Å². The van der Waals surface area contributed by atoms with Crippen molar-refractivity contribution in [3.05, 3.63) is 29.3 Å². The second-order valence-corrected chi connectivity index (χ2v) is 4.44. The van der Waals surface area contributed by atoms with Gasteiger partial charge in [0, 0.05) is 18.6 Å². The van der Waals surface area contributed by atoms with Gasteiger partial charge in [0.15, 0.2) is 6.73 Å². The van der Waals surface area contributed by atoms with Crippen LogP contribution in [-0.2, 0) is 0 Å². The number of hydrogen-bond acceptors (Lipinski definition) is 2. The Morgan fingerprint density at radius 3 is 2.67 bits per heavy atom. The number of halogens is 1. The minimum absolute atomic E-state index is 0.127. The lowest BCUT2D eigenvalue weighted by molar-refractivity contribution is 0.193. The third kappa shape index (κ3) is 5.27. The molecule has 1 aromatic carbocycles. The zero-order valence-corrected chi connectivity index (χ0v) is 11.5. The highest BCUT2D eigenvalue weighted by atomic mass is 35.5. The summed E-state index contributed by atoms with van der Waals surface area (Å²) in [5.41, 5.74) is 0. The zero-order valence-electron chi connectivity index (χ0n) is 10.8. The predicted octanol–water partition coefficient (Wildman–Crippen LogP) is 3.12. The summed E-state index contributed by atoms with van der Waals surface area (Å²) in [7, 11) is 1.77. The summed E-state index contributed by atoms with van der Waals surface area (Å²) in [6.45, 7) is 3.00. The molecule has 0 unspecified atom stereocenters. The number of carbonyl (C=O) groups is 1. The fraction of sp³-hybridized carbons (Fsp3) is 0.462. The second kappa shape index (κ2) is 7.82. The van der Waals surface area contributed by atoms with E-state index in [1.807, 2.05) is 0 Å². The van der Waals surface area contributed by atoms with E-state index in [-0.39, 0.29) is 12.8 Å². The van der Waals surface area contributed by atoms with Gasteiger partial charge in [-0.1, -0.05) is 24.9 Å². The number of benzene rings is 1. The Kier molecular flexibility index (Phi) is 6.36. The van der Waals surface area contributed by atoms with Crippen LogP contribution in [0.2, 0.25) is 5.02 Å². The quantitative estimate of drug-likeness (QED) is 0.807. The largest absolute Gasteiger partial charge is 0.473 e. The smallest absolute Gasteiger partial charge is 0.319 e. The van der Waals surface area contributed by atoms with Gasteiger partial charge in [0.1, 0.15) is 5.75 Å². The van der Waals surface area contributed by atoms with Crippen LogP contribution in [0, 0.1) is 0 Å². The highest BCUT2D eigenvalue weighted by Crippen LogP contribution is 2.14. The summed E-state index contributed by atoms with van der Waals surface area (Å²) >= 11 is 5.75. The lowest BCUT2D eigenvalue weighted by Gasteiger charge is -2.17. The van der Waals surface area contributed by atoms with Crippen LogP contribution in [0.15, 0.2) is 24.3 Å². The number of urea groups is 1. The van der Waals surface area contributed by atoms with Gasteiger partial charge in [-0.15, -0.1) is 0 Å². The fourth-order valence-corrected chi connectivity index (χ4v) is 1.47. The highest BCUT2D eigenvalue weighted by Gasteiger charge is 2.06. The maximum absolute atomic E-state index is 11.6. The SMILES string of the molecule is CCCCN(C)C(=O)NCOc1ccc(Cl)cc1. The van der Waals surface area contributed by atoms with Crippen LogP contribution in [0.4, 0.5) is 4.79 Å². The number of unbranched alkanes of at least 4 members (excludes halogenated alkanes) is 1. The van der Waals surface area contributed by atoms with E-state index in [1.54, 1.807) is 36.2 Å². The molecular weight excluding hydrogens is 252 g/mol. The molecule has 5 heteroatoms. The van der Waals surface area contributed by atoms with Crippen molar-refractivity contribution in [3.63, 3.8) is 0 Å². The van der Waals surface area contributed by atoms with Gasteiger partial charge in [0.05, 0.1) is 0 Å². The molecular formula is C13H19ClN2O2. The molecule has 0 aliphatic carbocycles. The van der Waals surface area contributed by atoms with Gasteiger partial charge >= 0.3 is 6.03 Å². The lowest BCUT2D eigenvalue weighted by atomic mass is 10.3. The molecule has 4 nitrogen and oxygen atoms in total. The molecule has 1 aromatic rings. The highest BCUT2D eigenvalue weighted by molar-refractivity contribution is 6.30. The predicted molar refractivity (Wildman–Crippen MR) is 73.0 cm³/mol. The van der Waals surface area contributed by atoms with Crippen molar-refractivity contribution < 1.29 is 9.53 Å². The Morgan fingerprint density at radius 2 is 2.06 bits per heavy atom. The van der Waals surface area contributed by atoms with Crippen molar-refractivity contribution in [2.24, 2.45) is 0 Å². The number of hydrogen-bond donors (Lipinski definition) is 1. The van der Waals surface area contributed by atoms with Gasteiger partial charge < -0.3 is 15.0 Å². The van der Waals surface area contributed by atoms with E-state index in [9.17, 15) is 4.79 Å². The molecule has 0 fully saturated rings. The lowest BCUT2D eigenvalue weighted by Crippen LogP contribution is -2.39. The Morgan fingerprint density at radius 1 is 1.39 bits per heavy atom. The van der Waals surface area contributed by atoms with Gasteiger partial charge in [-0.05, 0) is 30.7 Å². The third-order valence-corrected chi connectivity index (χ3v) is 2.72. The zero-order chi connectivity index (χ0) is 13.4. The van der Waals surface area contributed by atoms with Crippen LogP contribution in [-0.4, -0.2) is 31.3 Å². The first-order chi connectivity index (χ1) is 8.63. The van der Waals surface area contributed by atoms with Crippen molar-refractivity contribution in [1.29, 1.82) is 0 Å². The molecule has 1 rings (SSSR count). The van der Waals surface area contributed by atoms with Crippen LogP contribution in [0.5, 0.6) is 5.75 Å². The third-order valence-electron chi connectivity index (χ3n) is 2.47. The van der Waals surface area contributed by atoms with Crippen molar-refractivity contribution in [1.82, 2.24) is 10.2 Å². The van der Waals surface area contributed by atoms with E-state index in [0.717, 1.165) is 19.4 Å². The van der Waals surface area contributed by atoms with Crippen molar-refractivity contribution in [2.45, 2.75) is 19.8 Å². The molecule has 0 aromatic heterocycles. The molecule has 0 radical (unpaired) electrons. The second-order valence-electron chi connectivity index (χ2n) is 4.00. The van der Waals surface area contributed by atoms with E-state index >= 15 is 0 Å². The molecule has 0 aliphatic rings. The fourth-order valence-electron chi connectivity index (χ4n) is 1.34. The van der Waals surface area contributed by atoms with Crippen molar-refractivity contribution in [2.75, 3.05) is 20.3 Å². The number of rotatable bonds is 6. The van der Waals surface area contributed by atoms with E-state index in [0.29, 0.717) is 10.8 Å². The minimum atomic E-state index is -0.127. The van der Waals surface area contributed by atoms with Crippen LogP contribution < -0.4 is 10.1 Å². The summed E-state index contributed by atoms with van der Waals surface area (Å²) in [6, 6.07) is 6.88. The number of ether oxygens (including phenoxy) is 1. The molecule has 0 bridgehead atoms. The first-order valence-electron chi connectivity index (χ1n) is 6.00. The van der Waals surface area contributed by atoms with Gasteiger partial charge in [-0.25, -0.2) is 4.79 Å². The molecule has 0 aliphatic heterocycles. The number of nitrogens with zero attached hydrogens (tertiary/aromatic N) is 1. The number of nitrogens with one attached hydrogen (secondary N) is 1. The average Bonchev–Trinajstić information content (AvgIpc) is 2.38. The molecule has 0 spiro atoms. The standard InChI is InChI=1S/C13H19ClN2O2/c1-3-4-9-16(2)13(17)15-10-18-12-7-5-11(14)6-8-12/h5-8H,3-4,9-10H2,1-2H3,(H,15,17). The Hall–Kier alpha value is -1.42. The topological polar surface area (TPSA) is 41.6 Å². The molecule has 100 valence electrons. The Balaban J connectivity index is 2.24. The van der Waals surface area contributed by atoms with E-state index in [2.05, 4.69) is 12.2 Å². The summed E-state index contributed by atoms with van der Waals surface area (Å²) in [5, 5.41) is 3.34. The molecule has 0 heterocycles. The van der Waals surface area contributed by atoms with Crippen LogP contribution in [0.1, 0.15) is 19.8 Å². The van der Waals surface area contributed by atoms with Gasteiger partial charge in [0.25, 0.3) is 0 Å². The van der Waals surface area contributed by atoms with Gasteiger partial charge in [-0.3, -0.25) is 0 Å². The molecule has 0 atom stereocenters. The molecule has 18 heavy (non-hydrogen) atoms. The first-order valence-corrected chi connectivity index (χ1v) is 6.38. The maximum Gasteiger partial charge on any atom is 0.319 e. The summed E-state index contributed by atoms with van der Waals surface area (Å²) in [6.07, 6.45) is 2.07. The van der Waals surface area contributed by atoms with Gasteiger partial charge in [-0.2, -0.15) is 0 Å². The molecule has 1 N–H and O–H groups in total. The van der Waals surface area contributed by atoms with Crippen molar-refractivity contribution in [3.8, 4) is 5.75 Å². The Bertz CT molecular complexity index is 368. The normalized spacial score (nSPS) is 9.94. The number of amides is 2. The molecule has 0 saturated heterocycles. The Labute approximate surface area is 113 Å². The van der Waals surface area contributed by atoms with Crippen LogP contribution >= 0.6 is 11.6 Å². The maximum atomic E-state index is 11.6. The monoisotopic (exact) mass is 270 g/mol. The van der Waals surface area contributed by atoms with Gasteiger partial charge in [0.2, 0.25) is 0 Å². The molecule has 0 saturated carbocycles. The van der Waals surface area contributed by atoms with E-state index in [4.69, 9.17) is 16.3 Å². The van der Waals surface area contributed by atoms with E-state index in [1.165, 1.54) is 0 Å². The first kappa shape index (κ1) is 14.6. The summed E-state index contributed by atoms with van der Waals surface area (Å²) in [4.78, 5) is 13.3. The van der Waals surface area contributed by atoms with Crippen LogP contribution in [0.3, 0.4) is 0 Å².